The lowest BCUT2D eigenvalue weighted by atomic mass is 10.2. The molecule has 8 nitrogen and oxygen atoms in total. The summed E-state index contributed by atoms with van der Waals surface area (Å²) >= 11 is 0. The number of nitrogens with zero attached hydrogens (tertiary/aromatic N) is 1. The highest BCUT2D eigenvalue weighted by Crippen LogP contribution is 1.99. The van der Waals surface area contributed by atoms with E-state index in [-0.39, 0.29) is 12.4 Å². The van der Waals surface area contributed by atoms with Gasteiger partial charge in [0.1, 0.15) is 0 Å². The molecule has 1 heterocycles. The quantitative estimate of drug-likeness (QED) is 0.552. The zero-order chi connectivity index (χ0) is 15.0. The Hall–Kier alpha value is -2.38. The monoisotopic (exact) mass is 282 g/mol. The number of carboxylic acids is 1. The van der Waals surface area contributed by atoms with Crippen LogP contribution in [-0.2, 0) is 4.79 Å². The molecule has 0 aliphatic carbocycles. The third-order valence-corrected chi connectivity index (χ3v) is 2.46. The van der Waals surface area contributed by atoms with Crippen molar-refractivity contribution in [3.8, 4) is 0 Å². The maximum Gasteiger partial charge on any atom is 0.321 e. The van der Waals surface area contributed by atoms with Crippen LogP contribution >= 0.6 is 0 Å². The SMILES string of the molecule is Cc1cc(=O)nc(NC(=O)NCCCCCC(=O)O)[nH]1. The van der Waals surface area contributed by atoms with E-state index in [1.54, 1.807) is 6.92 Å². The van der Waals surface area contributed by atoms with Gasteiger partial charge in [0.25, 0.3) is 5.56 Å². The number of hydrogen-bond acceptors (Lipinski definition) is 4. The number of aromatic amines is 1. The topological polar surface area (TPSA) is 124 Å². The number of unbranched alkanes of at least 4 members (excludes halogenated alkanes) is 2. The second-order valence-electron chi connectivity index (χ2n) is 4.34. The molecule has 0 aliphatic rings. The summed E-state index contributed by atoms with van der Waals surface area (Å²) in [5.74, 6) is -0.719. The molecule has 110 valence electrons. The van der Waals surface area contributed by atoms with Gasteiger partial charge in [0.05, 0.1) is 0 Å². The number of aromatic nitrogens is 2. The van der Waals surface area contributed by atoms with E-state index in [1.165, 1.54) is 6.07 Å². The van der Waals surface area contributed by atoms with Crippen LogP contribution in [0, 0.1) is 6.92 Å². The highest BCUT2D eigenvalue weighted by molar-refractivity contribution is 5.87. The molecule has 0 radical (unpaired) electrons. The van der Waals surface area contributed by atoms with Crippen LogP contribution in [0.15, 0.2) is 10.9 Å². The molecule has 0 unspecified atom stereocenters. The Morgan fingerprint density at radius 1 is 1.35 bits per heavy atom. The van der Waals surface area contributed by atoms with E-state index in [0.717, 1.165) is 6.42 Å². The third-order valence-electron chi connectivity index (χ3n) is 2.46. The van der Waals surface area contributed by atoms with Gasteiger partial charge in [-0.1, -0.05) is 6.42 Å². The zero-order valence-electron chi connectivity index (χ0n) is 11.2. The fraction of sp³-hybridized carbons (Fsp3) is 0.500. The summed E-state index contributed by atoms with van der Waals surface area (Å²) < 4.78 is 0. The van der Waals surface area contributed by atoms with Gasteiger partial charge >= 0.3 is 12.0 Å². The van der Waals surface area contributed by atoms with Crippen LogP contribution in [0.5, 0.6) is 0 Å². The van der Waals surface area contributed by atoms with E-state index in [1.807, 2.05) is 0 Å². The lowest BCUT2D eigenvalue weighted by molar-refractivity contribution is -0.137. The predicted molar refractivity (Wildman–Crippen MR) is 72.7 cm³/mol. The summed E-state index contributed by atoms with van der Waals surface area (Å²) in [4.78, 5) is 39.3. The first kappa shape index (κ1) is 15.7. The summed E-state index contributed by atoms with van der Waals surface area (Å²) in [6.45, 7) is 2.12. The summed E-state index contributed by atoms with van der Waals surface area (Å²) in [6, 6.07) is 0.864. The lowest BCUT2D eigenvalue weighted by Crippen LogP contribution is -2.31. The van der Waals surface area contributed by atoms with Crippen LogP contribution in [0.2, 0.25) is 0 Å². The Labute approximate surface area is 115 Å². The van der Waals surface area contributed by atoms with E-state index in [9.17, 15) is 14.4 Å². The Bertz CT molecular complexity index is 526. The Balaban J connectivity index is 2.23. The summed E-state index contributed by atoms with van der Waals surface area (Å²) in [5.41, 5.74) is 0.180. The van der Waals surface area contributed by atoms with Crippen molar-refractivity contribution in [2.75, 3.05) is 11.9 Å². The molecule has 0 saturated carbocycles. The number of carbonyl (C=O) groups excluding carboxylic acids is 1. The lowest BCUT2D eigenvalue weighted by Gasteiger charge is -2.07. The molecule has 2 amide bonds. The molecule has 20 heavy (non-hydrogen) atoms. The van der Waals surface area contributed by atoms with Crippen molar-refractivity contribution >= 4 is 17.9 Å². The number of anilines is 1. The van der Waals surface area contributed by atoms with Crippen molar-refractivity contribution in [2.24, 2.45) is 0 Å². The molecule has 8 heteroatoms. The van der Waals surface area contributed by atoms with Gasteiger partial charge in [-0.25, -0.2) is 4.79 Å². The number of carboxylic acid groups (broad SMARTS) is 1. The Morgan fingerprint density at radius 3 is 2.75 bits per heavy atom. The highest BCUT2D eigenvalue weighted by Gasteiger charge is 2.04. The minimum absolute atomic E-state index is 0.0957. The van der Waals surface area contributed by atoms with Crippen LogP contribution in [0.3, 0.4) is 0 Å². The minimum Gasteiger partial charge on any atom is -0.481 e. The first-order valence-electron chi connectivity index (χ1n) is 6.32. The van der Waals surface area contributed by atoms with Gasteiger partial charge in [-0.05, 0) is 19.8 Å². The minimum atomic E-state index is -0.815. The number of aliphatic carboxylic acids is 1. The second kappa shape index (κ2) is 7.93. The van der Waals surface area contributed by atoms with E-state index in [4.69, 9.17) is 5.11 Å². The van der Waals surface area contributed by atoms with Gasteiger partial charge < -0.3 is 15.4 Å². The van der Waals surface area contributed by atoms with Gasteiger partial charge in [0.15, 0.2) is 0 Å². The van der Waals surface area contributed by atoms with Crippen LogP contribution in [-0.4, -0.2) is 33.6 Å². The zero-order valence-corrected chi connectivity index (χ0v) is 11.2. The third kappa shape index (κ3) is 6.53. The molecule has 0 spiro atoms. The molecule has 1 rings (SSSR count). The molecule has 0 atom stereocenters. The standard InChI is InChI=1S/C12H18N4O4/c1-8-7-9(17)15-11(14-8)16-12(20)13-6-4-2-3-5-10(18)19/h7H,2-6H2,1H3,(H,18,19)(H3,13,14,15,16,17,20). The normalized spacial score (nSPS) is 10.1. The van der Waals surface area contributed by atoms with Gasteiger partial charge in [0, 0.05) is 24.7 Å². The Kier molecular flexibility index (Phi) is 6.21. The number of urea groups is 1. The first-order valence-corrected chi connectivity index (χ1v) is 6.32. The maximum absolute atomic E-state index is 11.5. The molecule has 1 aromatic rings. The number of carbonyl (C=O) groups is 2. The number of nitrogens with one attached hydrogen (secondary N) is 3. The van der Waals surface area contributed by atoms with Gasteiger partial charge in [-0.3, -0.25) is 14.9 Å². The number of rotatable bonds is 7. The van der Waals surface area contributed by atoms with Gasteiger partial charge in [-0.2, -0.15) is 4.98 Å². The van der Waals surface area contributed by atoms with Crippen LogP contribution < -0.4 is 16.2 Å². The molecule has 0 fully saturated rings. The van der Waals surface area contributed by atoms with Crippen LogP contribution in [0.25, 0.3) is 0 Å². The number of hydrogen-bond donors (Lipinski definition) is 4. The highest BCUT2D eigenvalue weighted by atomic mass is 16.4. The fourth-order valence-electron chi connectivity index (χ4n) is 1.57. The van der Waals surface area contributed by atoms with E-state index in [2.05, 4.69) is 20.6 Å². The molecule has 0 aromatic carbocycles. The smallest absolute Gasteiger partial charge is 0.321 e. The number of aryl methyl sites for hydroxylation is 1. The van der Waals surface area contributed by atoms with Gasteiger partial charge in [-0.15, -0.1) is 0 Å². The van der Waals surface area contributed by atoms with Crippen molar-refractivity contribution in [3.63, 3.8) is 0 Å². The number of H-pyrrole nitrogens is 1. The van der Waals surface area contributed by atoms with Gasteiger partial charge in [0.2, 0.25) is 5.95 Å². The van der Waals surface area contributed by atoms with E-state index >= 15 is 0 Å². The summed E-state index contributed by atoms with van der Waals surface area (Å²) in [6.07, 6.45) is 2.15. The predicted octanol–water partition coefficient (Wildman–Crippen LogP) is 0.845. The van der Waals surface area contributed by atoms with Crippen molar-refractivity contribution in [1.82, 2.24) is 15.3 Å². The molecular formula is C12H18N4O4. The molecule has 0 saturated heterocycles. The van der Waals surface area contributed by atoms with Crippen LogP contribution in [0.1, 0.15) is 31.4 Å². The fourth-order valence-corrected chi connectivity index (χ4v) is 1.57. The average molecular weight is 282 g/mol. The first-order chi connectivity index (χ1) is 9.47. The molecule has 4 N–H and O–H groups in total. The van der Waals surface area contributed by atoms with Crippen molar-refractivity contribution in [2.45, 2.75) is 32.6 Å². The second-order valence-corrected chi connectivity index (χ2v) is 4.34. The average Bonchev–Trinajstić information content (AvgIpc) is 2.31. The largest absolute Gasteiger partial charge is 0.481 e. The molecule has 0 aliphatic heterocycles. The van der Waals surface area contributed by atoms with Crippen molar-refractivity contribution in [3.05, 3.63) is 22.1 Å². The van der Waals surface area contributed by atoms with E-state index < -0.39 is 17.6 Å². The van der Waals surface area contributed by atoms with Crippen molar-refractivity contribution < 1.29 is 14.7 Å². The number of amides is 2. The molecule has 1 aromatic heterocycles. The molecule has 0 bridgehead atoms. The van der Waals surface area contributed by atoms with E-state index in [0.29, 0.717) is 25.1 Å². The Morgan fingerprint density at radius 2 is 2.10 bits per heavy atom. The van der Waals surface area contributed by atoms with Crippen LogP contribution in [0.4, 0.5) is 10.7 Å². The van der Waals surface area contributed by atoms with Crippen molar-refractivity contribution in [1.29, 1.82) is 0 Å². The summed E-state index contributed by atoms with van der Waals surface area (Å²) in [7, 11) is 0. The summed E-state index contributed by atoms with van der Waals surface area (Å²) in [5, 5.41) is 13.5. The maximum atomic E-state index is 11.5. The molecular weight excluding hydrogens is 264 g/mol.